The van der Waals surface area contributed by atoms with Crippen LogP contribution < -0.4 is 10.6 Å². The van der Waals surface area contributed by atoms with E-state index >= 15 is 0 Å². The summed E-state index contributed by atoms with van der Waals surface area (Å²) >= 11 is 0. The minimum atomic E-state index is 0.666. The van der Waals surface area contributed by atoms with Crippen LogP contribution in [0.5, 0.6) is 0 Å². The standard InChI is InChI=1S/C11H13N3O/c1-14(8-11-3-2-4-15-11)10-5-9(12)6-13-7-10/h2-7H,8,12H2,1H3. The smallest absolute Gasteiger partial charge is 0.123 e. The third-order valence-electron chi connectivity index (χ3n) is 2.16. The van der Waals surface area contributed by atoms with Gasteiger partial charge in [0.05, 0.1) is 30.4 Å². The maximum Gasteiger partial charge on any atom is 0.123 e. The molecule has 2 N–H and O–H groups in total. The maximum absolute atomic E-state index is 5.66. The molecule has 78 valence electrons. The highest BCUT2D eigenvalue weighted by Gasteiger charge is 2.04. The van der Waals surface area contributed by atoms with E-state index in [1.54, 1.807) is 18.7 Å². The maximum atomic E-state index is 5.66. The zero-order valence-electron chi connectivity index (χ0n) is 8.55. The molecule has 0 saturated heterocycles. The number of hydrogen-bond acceptors (Lipinski definition) is 4. The molecule has 0 bridgehead atoms. The fourth-order valence-corrected chi connectivity index (χ4v) is 1.38. The van der Waals surface area contributed by atoms with Crippen LogP contribution in [0.15, 0.2) is 41.3 Å². The molecule has 0 unspecified atom stereocenters. The Balaban J connectivity index is 2.11. The van der Waals surface area contributed by atoms with Crippen LogP contribution in [0.25, 0.3) is 0 Å². The summed E-state index contributed by atoms with van der Waals surface area (Å²) in [7, 11) is 1.97. The number of aromatic nitrogens is 1. The lowest BCUT2D eigenvalue weighted by Gasteiger charge is -2.17. The van der Waals surface area contributed by atoms with Gasteiger partial charge in [0.2, 0.25) is 0 Å². The molecule has 0 aliphatic rings. The molecule has 0 saturated carbocycles. The predicted octanol–water partition coefficient (Wildman–Crippen LogP) is 1.89. The van der Waals surface area contributed by atoms with Crippen LogP contribution in [-0.4, -0.2) is 12.0 Å². The number of pyridine rings is 1. The van der Waals surface area contributed by atoms with E-state index in [9.17, 15) is 0 Å². The fourth-order valence-electron chi connectivity index (χ4n) is 1.38. The van der Waals surface area contributed by atoms with Gasteiger partial charge < -0.3 is 15.1 Å². The third-order valence-corrected chi connectivity index (χ3v) is 2.16. The monoisotopic (exact) mass is 203 g/mol. The van der Waals surface area contributed by atoms with Crippen molar-refractivity contribution in [3.05, 3.63) is 42.6 Å². The Morgan fingerprint density at radius 2 is 2.33 bits per heavy atom. The molecule has 0 radical (unpaired) electrons. The molecule has 0 fully saturated rings. The summed E-state index contributed by atoms with van der Waals surface area (Å²) in [6, 6.07) is 5.70. The summed E-state index contributed by atoms with van der Waals surface area (Å²) in [5, 5.41) is 0. The van der Waals surface area contributed by atoms with E-state index in [0.717, 1.165) is 11.4 Å². The van der Waals surface area contributed by atoms with E-state index in [1.165, 1.54) is 0 Å². The van der Waals surface area contributed by atoms with Crippen molar-refractivity contribution in [2.75, 3.05) is 17.7 Å². The Morgan fingerprint density at radius 3 is 3.00 bits per heavy atom. The van der Waals surface area contributed by atoms with Gasteiger partial charge in [0.1, 0.15) is 5.76 Å². The summed E-state index contributed by atoms with van der Waals surface area (Å²) in [6.45, 7) is 0.706. The topological polar surface area (TPSA) is 55.3 Å². The minimum absolute atomic E-state index is 0.666. The van der Waals surface area contributed by atoms with Crippen molar-refractivity contribution in [1.82, 2.24) is 4.98 Å². The van der Waals surface area contributed by atoms with Crippen molar-refractivity contribution < 1.29 is 4.42 Å². The van der Waals surface area contributed by atoms with Gasteiger partial charge in [-0.1, -0.05) is 0 Å². The van der Waals surface area contributed by atoms with Gasteiger partial charge in [-0.3, -0.25) is 4.98 Å². The first-order valence-corrected chi connectivity index (χ1v) is 4.70. The summed E-state index contributed by atoms with van der Waals surface area (Å²) in [4.78, 5) is 6.07. The lowest BCUT2D eigenvalue weighted by Crippen LogP contribution is -2.16. The van der Waals surface area contributed by atoms with Crippen molar-refractivity contribution in [3.63, 3.8) is 0 Å². The Hall–Kier alpha value is -1.97. The zero-order valence-corrected chi connectivity index (χ0v) is 8.55. The van der Waals surface area contributed by atoms with Crippen molar-refractivity contribution in [2.45, 2.75) is 6.54 Å². The van der Waals surface area contributed by atoms with Gasteiger partial charge in [-0.2, -0.15) is 0 Å². The van der Waals surface area contributed by atoms with Gasteiger partial charge in [-0.15, -0.1) is 0 Å². The second kappa shape index (κ2) is 4.04. The zero-order chi connectivity index (χ0) is 10.7. The average molecular weight is 203 g/mol. The van der Waals surface area contributed by atoms with E-state index < -0.39 is 0 Å². The average Bonchev–Trinajstić information content (AvgIpc) is 2.70. The molecule has 2 aromatic rings. The van der Waals surface area contributed by atoms with E-state index in [2.05, 4.69) is 4.98 Å². The first kappa shape index (κ1) is 9.58. The first-order chi connectivity index (χ1) is 7.25. The highest BCUT2D eigenvalue weighted by Crippen LogP contribution is 2.16. The van der Waals surface area contributed by atoms with Crippen molar-refractivity contribution in [3.8, 4) is 0 Å². The molecular weight excluding hydrogens is 190 g/mol. The van der Waals surface area contributed by atoms with E-state index in [4.69, 9.17) is 10.2 Å². The number of furan rings is 1. The number of nitrogens with two attached hydrogens (primary N) is 1. The first-order valence-electron chi connectivity index (χ1n) is 4.70. The van der Waals surface area contributed by atoms with Gasteiger partial charge in [0, 0.05) is 13.2 Å². The summed E-state index contributed by atoms with van der Waals surface area (Å²) in [5.41, 5.74) is 7.30. The molecule has 4 nitrogen and oxygen atoms in total. The van der Waals surface area contributed by atoms with Crippen LogP contribution in [-0.2, 0) is 6.54 Å². The highest BCUT2D eigenvalue weighted by atomic mass is 16.3. The van der Waals surface area contributed by atoms with Crippen LogP contribution in [0.2, 0.25) is 0 Å². The second-order valence-corrected chi connectivity index (χ2v) is 3.41. The molecule has 0 spiro atoms. The SMILES string of the molecule is CN(Cc1ccco1)c1cncc(N)c1. The van der Waals surface area contributed by atoms with Crippen molar-refractivity contribution in [1.29, 1.82) is 0 Å². The Morgan fingerprint density at radius 1 is 1.47 bits per heavy atom. The molecule has 0 atom stereocenters. The molecule has 2 rings (SSSR count). The van der Waals surface area contributed by atoms with Gasteiger partial charge in [0.25, 0.3) is 0 Å². The van der Waals surface area contributed by atoms with E-state index in [1.807, 2.05) is 30.1 Å². The van der Waals surface area contributed by atoms with E-state index in [0.29, 0.717) is 12.2 Å². The normalized spacial score (nSPS) is 10.2. The molecule has 15 heavy (non-hydrogen) atoms. The molecule has 0 aromatic carbocycles. The van der Waals surface area contributed by atoms with Crippen molar-refractivity contribution in [2.24, 2.45) is 0 Å². The second-order valence-electron chi connectivity index (χ2n) is 3.41. The molecular formula is C11H13N3O. The molecule has 0 aliphatic heterocycles. The number of anilines is 2. The molecule has 0 amide bonds. The van der Waals surface area contributed by atoms with E-state index in [-0.39, 0.29) is 0 Å². The summed E-state index contributed by atoms with van der Waals surface area (Å²) < 4.78 is 5.26. The van der Waals surface area contributed by atoms with Gasteiger partial charge >= 0.3 is 0 Å². The van der Waals surface area contributed by atoms with Gasteiger partial charge in [0.15, 0.2) is 0 Å². The number of hydrogen-bond donors (Lipinski definition) is 1. The van der Waals surface area contributed by atoms with Crippen LogP contribution >= 0.6 is 0 Å². The van der Waals surface area contributed by atoms with Gasteiger partial charge in [-0.05, 0) is 18.2 Å². The van der Waals surface area contributed by atoms with Crippen LogP contribution in [0, 0.1) is 0 Å². The number of nitrogens with zero attached hydrogens (tertiary/aromatic N) is 2. The Bertz CT molecular complexity index is 425. The lowest BCUT2D eigenvalue weighted by atomic mass is 10.3. The van der Waals surface area contributed by atoms with Gasteiger partial charge in [-0.25, -0.2) is 0 Å². The fraction of sp³-hybridized carbons (Fsp3) is 0.182. The third kappa shape index (κ3) is 2.28. The molecule has 0 aliphatic carbocycles. The molecule has 4 heteroatoms. The minimum Gasteiger partial charge on any atom is -0.467 e. The highest BCUT2D eigenvalue weighted by molar-refractivity contribution is 5.52. The van der Waals surface area contributed by atoms with Crippen LogP contribution in [0.1, 0.15) is 5.76 Å². The molecule has 2 heterocycles. The van der Waals surface area contributed by atoms with Crippen LogP contribution in [0.3, 0.4) is 0 Å². The number of nitrogen functional groups attached to an aromatic ring is 1. The predicted molar refractivity (Wildman–Crippen MR) is 59.5 cm³/mol. The summed E-state index contributed by atoms with van der Waals surface area (Å²) in [5.74, 6) is 0.917. The lowest BCUT2D eigenvalue weighted by molar-refractivity contribution is 0.507. The largest absolute Gasteiger partial charge is 0.467 e. The Kier molecular flexibility index (Phi) is 2.58. The number of rotatable bonds is 3. The quantitative estimate of drug-likeness (QED) is 0.827. The van der Waals surface area contributed by atoms with Crippen LogP contribution in [0.4, 0.5) is 11.4 Å². The Labute approximate surface area is 88.3 Å². The van der Waals surface area contributed by atoms with Crippen molar-refractivity contribution >= 4 is 11.4 Å². The molecule has 2 aromatic heterocycles. The summed E-state index contributed by atoms with van der Waals surface area (Å²) in [6.07, 6.45) is 5.07.